The average molecular weight is 559 g/mol. The van der Waals surface area contributed by atoms with E-state index in [4.69, 9.17) is 23.7 Å². The number of rotatable bonds is 2. The molecule has 0 amide bonds. The molecule has 1 aromatic carbocycles. The summed E-state index contributed by atoms with van der Waals surface area (Å²) in [7, 11) is 0. The monoisotopic (exact) mass is 558 g/mol. The summed E-state index contributed by atoms with van der Waals surface area (Å²) in [5.74, 6) is -3.28. The second-order valence-corrected chi connectivity index (χ2v) is 11.5. The normalized spacial score (nSPS) is 41.8. The first kappa shape index (κ1) is 26.1. The summed E-state index contributed by atoms with van der Waals surface area (Å²) in [6.07, 6.45) is -6.58. The molecule has 8 rings (SSSR count). The maximum Gasteiger partial charge on any atom is 0.309 e. The highest BCUT2D eigenvalue weighted by Gasteiger charge is 2.64. The van der Waals surface area contributed by atoms with E-state index in [1.54, 1.807) is 20.8 Å². The number of hydrogen-bond acceptors (Lipinski definition) is 12. The minimum Gasteiger partial charge on any atom is -0.507 e. The molecule has 2 bridgehead atoms. The average Bonchev–Trinajstić information content (AvgIpc) is 3.26. The van der Waals surface area contributed by atoms with Crippen LogP contribution in [0, 0.1) is 0 Å². The van der Waals surface area contributed by atoms with Crippen LogP contribution in [0.25, 0.3) is 0 Å². The predicted molar refractivity (Wildman–Crippen MR) is 131 cm³/mol. The van der Waals surface area contributed by atoms with Gasteiger partial charge in [0, 0.05) is 35.1 Å². The largest absolute Gasteiger partial charge is 0.507 e. The quantitative estimate of drug-likeness (QED) is 0.303. The van der Waals surface area contributed by atoms with Crippen LogP contribution in [0.15, 0.2) is 11.1 Å². The van der Waals surface area contributed by atoms with Crippen molar-refractivity contribution in [1.29, 1.82) is 0 Å². The molecule has 3 saturated heterocycles. The molecule has 12 heteroatoms. The van der Waals surface area contributed by atoms with Crippen molar-refractivity contribution in [2.75, 3.05) is 0 Å². The van der Waals surface area contributed by atoms with Crippen molar-refractivity contribution in [3.05, 3.63) is 33.4 Å². The minimum atomic E-state index is -2.07. The van der Waals surface area contributed by atoms with Crippen LogP contribution in [-0.2, 0) is 28.5 Å². The molecule has 40 heavy (non-hydrogen) atoms. The maximum absolute atomic E-state index is 14.2. The summed E-state index contributed by atoms with van der Waals surface area (Å²) in [6, 6.07) is 0. The van der Waals surface area contributed by atoms with Gasteiger partial charge in [-0.25, -0.2) is 0 Å². The van der Waals surface area contributed by atoms with Crippen LogP contribution in [-0.4, -0.2) is 86.5 Å². The number of aliphatic hydroxyl groups is 2. The zero-order valence-electron chi connectivity index (χ0n) is 22.1. The number of phenols is 2. The Hall–Kier alpha value is -2.87. The highest BCUT2D eigenvalue weighted by Crippen LogP contribution is 2.57. The third-order valence-electron chi connectivity index (χ3n) is 9.31. The van der Waals surface area contributed by atoms with Crippen molar-refractivity contribution in [2.45, 2.75) is 107 Å². The number of carbonyl (C=O) groups excluding carboxylic acids is 3. The molecule has 5 heterocycles. The highest BCUT2D eigenvalue weighted by atomic mass is 16.7. The molecule has 0 saturated carbocycles. The summed E-state index contributed by atoms with van der Waals surface area (Å²) in [5.41, 5.74) is -3.18. The second kappa shape index (κ2) is 8.57. The molecule has 4 unspecified atom stereocenters. The Bertz CT molecular complexity index is 1400. The van der Waals surface area contributed by atoms with E-state index in [1.165, 1.54) is 0 Å². The molecule has 5 aliphatic heterocycles. The molecule has 0 spiro atoms. The first-order chi connectivity index (χ1) is 18.9. The number of aromatic hydroxyl groups is 2. The van der Waals surface area contributed by atoms with Gasteiger partial charge < -0.3 is 44.1 Å². The molecular weight excluding hydrogens is 528 g/mol. The summed E-state index contributed by atoms with van der Waals surface area (Å²) >= 11 is 0. The SMILES string of the molecule is CC1OC2CC(O[C@H]3CC[C@H](O)[C@H](C)O3)C1(O)C1=C2C(=O)c2c(O)c3c(c(O)c2C1=O)[C@@H](C)O[C@@H]1CC(=O)O[C@H]31. The van der Waals surface area contributed by atoms with Crippen LogP contribution in [0.3, 0.4) is 0 Å². The summed E-state index contributed by atoms with van der Waals surface area (Å²) in [5, 5.41) is 44.9. The molecule has 0 radical (unpaired) electrons. The molecule has 10 atom stereocenters. The predicted octanol–water partition coefficient (Wildman–Crippen LogP) is 1.41. The molecule has 214 valence electrons. The third-order valence-corrected chi connectivity index (χ3v) is 9.31. The molecule has 4 N–H and O–H groups in total. The number of carbonyl (C=O) groups is 3. The van der Waals surface area contributed by atoms with Gasteiger partial charge >= 0.3 is 5.97 Å². The number of esters is 1. The van der Waals surface area contributed by atoms with E-state index < -0.39 is 101 Å². The van der Waals surface area contributed by atoms with E-state index in [9.17, 15) is 34.8 Å². The van der Waals surface area contributed by atoms with Crippen LogP contribution in [0.4, 0.5) is 0 Å². The van der Waals surface area contributed by atoms with Gasteiger partial charge in [0.1, 0.15) is 23.2 Å². The Morgan fingerprint density at radius 1 is 0.925 bits per heavy atom. The number of ketones is 2. The zero-order valence-corrected chi connectivity index (χ0v) is 22.1. The van der Waals surface area contributed by atoms with Crippen LogP contribution >= 0.6 is 0 Å². The topological polar surface area (TPSA) is 178 Å². The van der Waals surface area contributed by atoms with E-state index in [2.05, 4.69) is 0 Å². The maximum atomic E-state index is 14.2. The van der Waals surface area contributed by atoms with Gasteiger partial charge in [-0.1, -0.05) is 0 Å². The van der Waals surface area contributed by atoms with Crippen LogP contribution < -0.4 is 0 Å². The lowest BCUT2D eigenvalue weighted by Gasteiger charge is -2.54. The van der Waals surface area contributed by atoms with Gasteiger partial charge in [0.25, 0.3) is 0 Å². The van der Waals surface area contributed by atoms with Gasteiger partial charge in [0.2, 0.25) is 0 Å². The first-order valence-electron chi connectivity index (χ1n) is 13.6. The Morgan fingerprint density at radius 3 is 2.35 bits per heavy atom. The molecule has 7 aliphatic rings. The summed E-state index contributed by atoms with van der Waals surface area (Å²) < 4.78 is 29.1. The van der Waals surface area contributed by atoms with Gasteiger partial charge in [-0.05, 0) is 27.2 Å². The van der Waals surface area contributed by atoms with E-state index in [1.807, 2.05) is 0 Å². The smallest absolute Gasteiger partial charge is 0.309 e. The van der Waals surface area contributed by atoms with Gasteiger partial charge in [-0.15, -0.1) is 0 Å². The van der Waals surface area contributed by atoms with E-state index >= 15 is 0 Å². The number of Topliss-reactive ketones (excluding diaryl/α,β-unsaturated/α-hetero) is 2. The number of hydrogen-bond donors (Lipinski definition) is 4. The highest BCUT2D eigenvalue weighted by molar-refractivity contribution is 6.30. The van der Waals surface area contributed by atoms with E-state index in [-0.39, 0.29) is 35.1 Å². The Labute approximate surface area is 228 Å². The third kappa shape index (κ3) is 3.25. The number of ether oxygens (including phenoxy) is 5. The van der Waals surface area contributed by atoms with Crippen LogP contribution in [0.2, 0.25) is 0 Å². The Morgan fingerprint density at radius 2 is 1.62 bits per heavy atom. The molecule has 1 aromatic rings. The fraction of sp³-hybridized carbons (Fsp3) is 0.607. The lowest BCUT2D eigenvalue weighted by Crippen LogP contribution is -2.67. The molecule has 2 aliphatic carbocycles. The van der Waals surface area contributed by atoms with Crippen molar-refractivity contribution in [2.24, 2.45) is 0 Å². The fourth-order valence-electron chi connectivity index (χ4n) is 7.31. The minimum absolute atomic E-state index is 0.0374. The van der Waals surface area contributed by atoms with Crippen LogP contribution in [0.1, 0.15) is 90.5 Å². The lowest BCUT2D eigenvalue weighted by atomic mass is 9.63. The number of phenolic OH excluding ortho intramolecular Hbond substituents is 2. The first-order valence-corrected chi connectivity index (χ1v) is 13.6. The Kier molecular flexibility index (Phi) is 5.58. The van der Waals surface area contributed by atoms with Crippen molar-refractivity contribution in [1.82, 2.24) is 0 Å². The van der Waals surface area contributed by atoms with E-state index in [0.717, 1.165) is 0 Å². The summed E-state index contributed by atoms with van der Waals surface area (Å²) in [6.45, 7) is 4.88. The van der Waals surface area contributed by atoms with Gasteiger partial charge in [-0.3, -0.25) is 14.4 Å². The van der Waals surface area contributed by atoms with Gasteiger partial charge in [0.15, 0.2) is 24.0 Å². The van der Waals surface area contributed by atoms with Crippen molar-refractivity contribution >= 4 is 17.5 Å². The Balaban J connectivity index is 1.34. The summed E-state index contributed by atoms with van der Waals surface area (Å²) in [4.78, 5) is 40.2. The lowest BCUT2D eigenvalue weighted by molar-refractivity contribution is -0.291. The number of aliphatic hydroxyl groups excluding tert-OH is 1. The number of fused-ring (bicyclic) bond motifs is 6. The molecular formula is C28H30O12. The fourth-order valence-corrected chi connectivity index (χ4v) is 7.31. The standard InChI is InChI=1S/C28H30O12/c1-8-11(29)4-5-16(37-8)39-14-6-12-18-22(28(14,35)10(3)38-12)26(34)20-19(24(18)32)25(33)21-17(23(20)31)9(2)36-13-7-15(30)40-27(13)21/h8-14,16,27,29,31,33,35H,4-7H2,1-3H3/t8-,9+,10?,11-,12?,13+,14?,16-,27-,28?/m0/s1. The number of benzene rings is 1. The van der Waals surface area contributed by atoms with Crippen molar-refractivity contribution in [3.8, 4) is 11.5 Å². The van der Waals surface area contributed by atoms with Crippen molar-refractivity contribution < 1.29 is 58.5 Å². The zero-order chi connectivity index (χ0) is 28.4. The molecule has 3 fully saturated rings. The van der Waals surface area contributed by atoms with Crippen molar-refractivity contribution in [3.63, 3.8) is 0 Å². The van der Waals surface area contributed by atoms with E-state index in [0.29, 0.717) is 12.8 Å². The van der Waals surface area contributed by atoms with Gasteiger partial charge in [-0.2, -0.15) is 0 Å². The second-order valence-electron chi connectivity index (χ2n) is 11.5. The molecule has 12 nitrogen and oxygen atoms in total. The van der Waals surface area contributed by atoms with Gasteiger partial charge in [0.05, 0.1) is 54.2 Å². The molecule has 0 aromatic heterocycles. The van der Waals surface area contributed by atoms with Crippen LogP contribution in [0.5, 0.6) is 11.5 Å².